The van der Waals surface area contributed by atoms with Crippen molar-refractivity contribution in [2.24, 2.45) is 0 Å². The Bertz CT molecular complexity index is 58.6. The van der Waals surface area contributed by atoms with Gasteiger partial charge >= 0.3 is 0 Å². The van der Waals surface area contributed by atoms with Gasteiger partial charge in [-0.2, -0.15) is 0 Å². The SMILES string of the molecule is C=CN/C=C/F. The summed E-state index contributed by atoms with van der Waals surface area (Å²) in [5.41, 5.74) is 0. The first-order chi connectivity index (χ1) is 2.91. The van der Waals surface area contributed by atoms with Crippen molar-refractivity contribution >= 4 is 0 Å². The van der Waals surface area contributed by atoms with Crippen LogP contribution in [0.25, 0.3) is 0 Å². The Hall–Kier alpha value is -0.790. The lowest BCUT2D eigenvalue weighted by molar-refractivity contribution is 0.713. The van der Waals surface area contributed by atoms with E-state index in [4.69, 9.17) is 0 Å². The van der Waals surface area contributed by atoms with E-state index < -0.39 is 0 Å². The van der Waals surface area contributed by atoms with Crippen LogP contribution in [0.4, 0.5) is 4.39 Å². The molecule has 0 heterocycles. The summed E-state index contributed by atoms with van der Waals surface area (Å²) in [6, 6.07) is 0. The van der Waals surface area contributed by atoms with Crippen LogP contribution in [0.3, 0.4) is 0 Å². The zero-order valence-electron chi connectivity index (χ0n) is 3.32. The summed E-state index contributed by atoms with van der Waals surface area (Å²) in [5, 5.41) is 2.41. The monoisotopic (exact) mass is 87.0 g/mol. The van der Waals surface area contributed by atoms with Crippen LogP contribution in [-0.4, -0.2) is 0 Å². The highest BCUT2D eigenvalue weighted by Gasteiger charge is 1.54. The number of hydrogen-bond acceptors (Lipinski definition) is 1. The lowest BCUT2D eigenvalue weighted by atomic mass is 10.9. The number of hydrogen-bond donors (Lipinski definition) is 1. The predicted molar refractivity (Wildman–Crippen MR) is 23.6 cm³/mol. The summed E-state index contributed by atoms with van der Waals surface area (Å²) < 4.78 is 10.9. The number of nitrogens with one attached hydrogen (secondary N) is 1. The third-order valence-corrected chi connectivity index (χ3v) is 0.277. The van der Waals surface area contributed by atoms with Gasteiger partial charge in [-0.3, -0.25) is 0 Å². The van der Waals surface area contributed by atoms with Crippen LogP contribution >= 0.6 is 0 Å². The average molecular weight is 87.1 g/mol. The molecule has 0 unspecified atom stereocenters. The van der Waals surface area contributed by atoms with Crippen molar-refractivity contribution in [1.82, 2.24) is 5.32 Å². The number of rotatable bonds is 2. The highest BCUT2D eigenvalue weighted by atomic mass is 19.1. The Labute approximate surface area is 36.2 Å². The van der Waals surface area contributed by atoms with Gasteiger partial charge < -0.3 is 5.32 Å². The van der Waals surface area contributed by atoms with Crippen molar-refractivity contribution in [2.45, 2.75) is 0 Å². The molecule has 0 aliphatic carbocycles. The molecular formula is C4H6FN. The molecule has 0 aromatic rings. The van der Waals surface area contributed by atoms with Gasteiger partial charge in [0.15, 0.2) is 0 Å². The van der Waals surface area contributed by atoms with E-state index in [1.165, 1.54) is 6.20 Å². The fourth-order valence-electron chi connectivity index (χ4n) is 0.104. The quantitative estimate of drug-likeness (QED) is 0.533. The lowest BCUT2D eigenvalue weighted by Gasteiger charge is -1.77. The van der Waals surface area contributed by atoms with Crippen LogP contribution in [0.2, 0.25) is 0 Å². The fourth-order valence-corrected chi connectivity index (χ4v) is 0.104. The molecular weight excluding hydrogens is 81.0 g/mol. The molecule has 0 aromatic carbocycles. The van der Waals surface area contributed by atoms with Gasteiger partial charge in [-0.25, -0.2) is 4.39 Å². The van der Waals surface area contributed by atoms with Gasteiger partial charge in [0.1, 0.15) is 6.33 Å². The van der Waals surface area contributed by atoms with E-state index in [9.17, 15) is 4.39 Å². The lowest BCUT2D eigenvalue weighted by Crippen LogP contribution is -1.86. The first kappa shape index (κ1) is 5.21. The maximum Gasteiger partial charge on any atom is 0.103 e. The summed E-state index contributed by atoms with van der Waals surface area (Å²) in [5.74, 6) is 0. The van der Waals surface area contributed by atoms with Gasteiger partial charge in [0, 0.05) is 6.20 Å². The van der Waals surface area contributed by atoms with E-state index in [2.05, 4.69) is 11.9 Å². The van der Waals surface area contributed by atoms with E-state index in [0.29, 0.717) is 6.33 Å². The van der Waals surface area contributed by atoms with Crippen LogP contribution in [0.5, 0.6) is 0 Å². The average Bonchev–Trinajstić information content (AvgIpc) is 1.61. The summed E-state index contributed by atoms with van der Waals surface area (Å²) >= 11 is 0. The Balaban J connectivity index is 2.85. The van der Waals surface area contributed by atoms with Crippen molar-refractivity contribution < 1.29 is 4.39 Å². The minimum absolute atomic E-state index is 0.404. The first-order valence-corrected chi connectivity index (χ1v) is 1.54. The van der Waals surface area contributed by atoms with Crippen LogP contribution < -0.4 is 5.32 Å². The van der Waals surface area contributed by atoms with Gasteiger partial charge in [-0.15, -0.1) is 0 Å². The van der Waals surface area contributed by atoms with Gasteiger partial charge in [-0.1, -0.05) is 6.58 Å². The van der Waals surface area contributed by atoms with E-state index in [1.807, 2.05) is 0 Å². The molecule has 0 fully saturated rings. The molecule has 2 heteroatoms. The summed E-state index contributed by atoms with van der Waals surface area (Å²) in [6.07, 6.45) is 2.94. The zero-order valence-corrected chi connectivity index (χ0v) is 3.32. The Morgan fingerprint density at radius 1 is 1.67 bits per heavy atom. The van der Waals surface area contributed by atoms with Gasteiger partial charge in [0.05, 0.1) is 0 Å². The van der Waals surface area contributed by atoms with Gasteiger partial charge in [0.2, 0.25) is 0 Å². The van der Waals surface area contributed by atoms with Crippen molar-refractivity contribution in [2.75, 3.05) is 0 Å². The van der Waals surface area contributed by atoms with Crippen molar-refractivity contribution in [3.63, 3.8) is 0 Å². The van der Waals surface area contributed by atoms with E-state index >= 15 is 0 Å². The predicted octanol–water partition coefficient (Wildman–Crippen LogP) is 1.16. The molecule has 1 N–H and O–H groups in total. The van der Waals surface area contributed by atoms with Crippen LogP contribution in [0.1, 0.15) is 0 Å². The van der Waals surface area contributed by atoms with Crippen molar-refractivity contribution in [3.8, 4) is 0 Å². The van der Waals surface area contributed by atoms with Crippen LogP contribution in [0.15, 0.2) is 25.3 Å². The van der Waals surface area contributed by atoms with E-state index in [1.54, 1.807) is 0 Å². The van der Waals surface area contributed by atoms with Crippen molar-refractivity contribution in [1.29, 1.82) is 0 Å². The molecule has 0 saturated heterocycles. The standard InChI is InChI=1S/C4H6FN/c1-2-6-4-3-5/h2-4,6H,1H2/b4-3+. The molecule has 0 rings (SSSR count). The Morgan fingerprint density at radius 3 is 2.50 bits per heavy atom. The highest BCUT2D eigenvalue weighted by Crippen LogP contribution is 1.63. The zero-order chi connectivity index (χ0) is 4.83. The second kappa shape index (κ2) is 4.21. The summed E-state index contributed by atoms with van der Waals surface area (Å²) in [7, 11) is 0. The van der Waals surface area contributed by atoms with Crippen LogP contribution in [0, 0.1) is 0 Å². The van der Waals surface area contributed by atoms with Crippen LogP contribution in [-0.2, 0) is 0 Å². The molecule has 0 amide bonds. The van der Waals surface area contributed by atoms with Gasteiger partial charge in [0.25, 0.3) is 0 Å². The molecule has 34 valence electrons. The Morgan fingerprint density at radius 2 is 2.33 bits per heavy atom. The topological polar surface area (TPSA) is 12.0 Å². The third kappa shape index (κ3) is 3.21. The molecule has 0 aromatic heterocycles. The molecule has 1 nitrogen and oxygen atoms in total. The molecule has 0 atom stereocenters. The first-order valence-electron chi connectivity index (χ1n) is 1.54. The Kier molecular flexibility index (Phi) is 3.66. The second-order valence-electron chi connectivity index (χ2n) is 0.663. The maximum absolute atomic E-state index is 10.9. The third-order valence-electron chi connectivity index (χ3n) is 0.277. The molecule has 0 radical (unpaired) electrons. The van der Waals surface area contributed by atoms with E-state index in [-0.39, 0.29) is 0 Å². The molecule has 0 aliphatic rings. The normalized spacial score (nSPS) is 8.83. The largest absolute Gasteiger partial charge is 0.366 e. The maximum atomic E-state index is 10.9. The van der Waals surface area contributed by atoms with E-state index in [0.717, 1.165) is 6.20 Å². The highest BCUT2D eigenvalue weighted by molar-refractivity contribution is 4.76. The summed E-state index contributed by atoms with van der Waals surface area (Å²) in [6.45, 7) is 3.27. The molecule has 0 spiro atoms. The van der Waals surface area contributed by atoms with Crippen molar-refractivity contribution in [3.05, 3.63) is 25.3 Å². The minimum atomic E-state index is 0.404. The van der Waals surface area contributed by atoms with Gasteiger partial charge in [-0.05, 0) is 6.20 Å². The number of halogens is 1. The smallest absolute Gasteiger partial charge is 0.103 e. The molecule has 0 bridgehead atoms. The molecule has 0 aliphatic heterocycles. The fraction of sp³-hybridized carbons (Fsp3) is 0. The summed E-state index contributed by atoms with van der Waals surface area (Å²) in [4.78, 5) is 0. The molecule has 0 saturated carbocycles. The molecule has 6 heavy (non-hydrogen) atoms. The minimum Gasteiger partial charge on any atom is -0.366 e. The second-order valence-corrected chi connectivity index (χ2v) is 0.663.